The number of thiocarbonyl (C=S) groups is 1. The summed E-state index contributed by atoms with van der Waals surface area (Å²) in [6.45, 7) is 6.63. The number of aryl methyl sites for hydroxylation is 1. The fourth-order valence-corrected chi connectivity index (χ4v) is 3.23. The molecular weight excluding hydrogens is 340 g/mol. The van der Waals surface area contributed by atoms with Gasteiger partial charge in [-0.1, -0.05) is 29.8 Å². The van der Waals surface area contributed by atoms with Crippen LogP contribution in [0.15, 0.2) is 42.6 Å². The van der Waals surface area contributed by atoms with Gasteiger partial charge in [-0.25, -0.2) is 0 Å². The molecule has 6 heteroatoms. The fourth-order valence-electron chi connectivity index (χ4n) is 2.77. The van der Waals surface area contributed by atoms with Gasteiger partial charge < -0.3 is 10.2 Å². The van der Waals surface area contributed by atoms with Crippen LogP contribution in [0.1, 0.15) is 11.3 Å². The van der Waals surface area contributed by atoms with E-state index < -0.39 is 0 Å². The predicted molar refractivity (Wildman–Crippen MR) is 103 cm³/mol. The first kappa shape index (κ1) is 17.1. The zero-order valence-corrected chi connectivity index (χ0v) is 15.3. The monoisotopic (exact) mass is 360 g/mol. The van der Waals surface area contributed by atoms with Crippen LogP contribution >= 0.6 is 23.8 Å². The molecule has 2 aromatic rings. The SMILES string of the molecule is Cc1cccc(NC(=S)N2CCN(Cc3ccccn3)CC2)c1Cl. The van der Waals surface area contributed by atoms with Crippen molar-refractivity contribution in [3.05, 3.63) is 58.9 Å². The minimum absolute atomic E-state index is 0.730. The molecule has 2 heterocycles. The highest BCUT2D eigenvalue weighted by Crippen LogP contribution is 2.25. The summed E-state index contributed by atoms with van der Waals surface area (Å²) in [5.41, 5.74) is 3.03. The molecule has 1 saturated heterocycles. The van der Waals surface area contributed by atoms with Crippen molar-refractivity contribution in [2.45, 2.75) is 13.5 Å². The number of halogens is 1. The Kier molecular flexibility index (Phi) is 5.66. The maximum absolute atomic E-state index is 6.33. The van der Waals surface area contributed by atoms with Crippen LogP contribution in [0, 0.1) is 6.92 Å². The Labute approximate surface area is 153 Å². The molecule has 0 atom stereocenters. The third-order valence-electron chi connectivity index (χ3n) is 4.20. The van der Waals surface area contributed by atoms with E-state index in [1.807, 2.05) is 43.5 Å². The Balaban J connectivity index is 1.52. The van der Waals surface area contributed by atoms with Gasteiger partial charge in [-0.2, -0.15) is 0 Å². The lowest BCUT2D eigenvalue weighted by Crippen LogP contribution is -2.49. The van der Waals surface area contributed by atoms with E-state index in [4.69, 9.17) is 23.8 Å². The smallest absolute Gasteiger partial charge is 0.173 e. The van der Waals surface area contributed by atoms with Crippen LogP contribution < -0.4 is 5.32 Å². The number of hydrogen-bond acceptors (Lipinski definition) is 3. The van der Waals surface area contributed by atoms with Crippen LogP contribution in [0.3, 0.4) is 0 Å². The molecular formula is C18H21ClN4S. The summed E-state index contributed by atoms with van der Waals surface area (Å²) < 4.78 is 0. The second-order valence-corrected chi connectivity index (χ2v) is 6.72. The number of nitrogens with one attached hydrogen (secondary N) is 1. The Morgan fingerprint density at radius 2 is 1.96 bits per heavy atom. The molecule has 0 radical (unpaired) electrons. The average molecular weight is 361 g/mol. The van der Waals surface area contributed by atoms with Crippen LogP contribution in [0.5, 0.6) is 0 Å². The molecule has 4 nitrogen and oxygen atoms in total. The molecule has 1 aromatic heterocycles. The van der Waals surface area contributed by atoms with Crippen molar-refractivity contribution in [2.75, 3.05) is 31.5 Å². The van der Waals surface area contributed by atoms with Crippen LogP contribution in [0.4, 0.5) is 5.69 Å². The summed E-state index contributed by atoms with van der Waals surface area (Å²) in [6, 6.07) is 12.0. The van der Waals surface area contributed by atoms with E-state index in [1.54, 1.807) is 0 Å². The molecule has 1 aliphatic heterocycles. The van der Waals surface area contributed by atoms with Crippen molar-refractivity contribution >= 4 is 34.6 Å². The van der Waals surface area contributed by atoms with E-state index in [1.165, 1.54) is 0 Å². The topological polar surface area (TPSA) is 31.4 Å². The van der Waals surface area contributed by atoms with E-state index in [-0.39, 0.29) is 0 Å². The maximum Gasteiger partial charge on any atom is 0.173 e. The van der Waals surface area contributed by atoms with Crippen LogP contribution in [0.25, 0.3) is 0 Å². The van der Waals surface area contributed by atoms with Gasteiger partial charge in [0.25, 0.3) is 0 Å². The number of hydrogen-bond donors (Lipinski definition) is 1. The summed E-state index contributed by atoms with van der Waals surface area (Å²) in [5.74, 6) is 0. The molecule has 0 spiro atoms. The quantitative estimate of drug-likeness (QED) is 0.846. The molecule has 0 saturated carbocycles. The number of benzene rings is 1. The normalized spacial score (nSPS) is 15.3. The molecule has 1 aromatic carbocycles. The number of pyridine rings is 1. The van der Waals surface area contributed by atoms with Crippen LogP contribution in [-0.2, 0) is 6.54 Å². The largest absolute Gasteiger partial charge is 0.346 e. The first-order chi connectivity index (χ1) is 11.6. The van der Waals surface area contributed by atoms with E-state index in [0.717, 1.165) is 59.8 Å². The minimum atomic E-state index is 0.730. The molecule has 1 fully saturated rings. The molecule has 0 amide bonds. The first-order valence-corrected chi connectivity index (χ1v) is 8.85. The van der Waals surface area contributed by atoms with Crippen molar-refractivity contribution < 1.29 is 0 Å². The van der Waals surface area contributed by atoms with Crippen molar-refractivity contribution in [2.24, 2.45) is 0 Å². The highest BCUT2D eigenvalue weighted by molar-refractivity contribution is 7.80. The number of piperazine rings is 1. The van der Waals surface area contributed by atoms with Gasteiger partial charge in [0.05, 0.1) is 16.4 Å². The Morgan fingerprint density at radius 3 is 2.67 bits per heavy atom. The number of aromatic nitrogens is 1. The zero-order valence-electron chi connectivity index (χ0n) is 13.7. The van der Waals surface area contributed by atoms with E-state index in [0.29, 0.717) is 0 Å². The molecule has 1 N–H and O–H groups in total. The standard InChI is InChI=1S/C18H21ClN4S/c1-14-5-4-7-16(17(14)19)21-18(24)23-11-9-22(10-12-23)13-15-6-2-3-8-20-15/h2-8H,9-13H2,1H3,(H,21,24). The first-order valence-electron chi connectivity index (χ1n) is 8.07. The number of nitrogens with zero attached hydrogens (tertiary/aromatic N) is 3. The maximum atomic E-state index is 6.33. The van der Waals surface area contributed by atoms with Crippen molar-refractivity contribution in [1.82, 2.24) is 14.8 Å². The number of anilines is 1. The van der Waals surface area contributed by atoms with E-state index in [2.05, 4.69) is 26.2 Å². The van der Waals surface area contributed by atoms with Gasteiger partial charge in [-0.15, -0.1) is 0 Å². The number of rotatable bonds is 3. The molecule has 24 heavy (non-hydrogen) atoms. The van der Waals surface area contributed by atoms with Gasteiger partial charge in [0.1, 0.15) is 0 Å². The van der Waals surface area contributed by atoms with Crippen LogP contribution in [-0.4, -0.2) is 46.1 Å². The van der Waals surface area contributed by atoms with E-state index >= 15 is 0 Å². The third kappa shape index (κ3) is 4.23. The van der Waals surface area contributed by atoms with Gasteiger partial charge >= 0.3 is 0 Å². The van der Waals surface area contributed by atoms with Crippen molar-refractivity contribution in [3.8, 4) is 0 Å². The zero-order chi connectivity index (χ0) is 16.9. The second-order valence-electron chi connectivity index (χ2n) is 5.95. The minimum Gasteiger partial charge on any atom is -0.346 e. The lowest BCUT2D eigenvalue weighted by molar-refractivity contribution is 0.175. The lowest BCUT2D eigenvalue weighted by atomic mass is 10.2. The van der Waals surface area contributed by atoms with Crippen molar-refractivity contribution in [1.29, 1.82) is 0 Å². The second kappa shape index (κ2) is 7.92. The van der Waals surface area contributed by atoms with Gasteiger partial charge in [0.2, 0.25) is 0 Å². The Bertz CT molecular complexity index is 699. The van der Waals surface area contributed by atoms with Gasteiger partial charge in [0, 0.05) is 38.9 Å². The highest BCUT2D eigenvalue weighted by Gasteiger charge is 2.19. The summed E-state index contributed by atoms with van der Waals surface area (Å²) in [6.07, 6.45) is 1.84. The fraction of sp³-hybridized carbons (Fsp3) is 0.333. The Hall–Kier alpha value is -1.69. The summed E-state index contributed by atoms with van der Waals surface area (Å²) in [7, 11) is 0. The van der Waals surface area contributed by atoms with Gasteiger partial charge in [-0.05, 0) is 42.9 Å². The summed E-state index contributed by atoms with van der Waals surface area (Å²) in [5, 5.41) is 4.75. The summed E-state index contributed by atoms with van der Waals surface area (Å²) in [4.78, 5) is 8.99. The summed E-state index contributed by atoms with van der Waals surface area (Å²) >= 11 is 11.9. The lowest BCUT2D eigenvalue weighted by Gasteiger charge is -2.36. The Morgan fingerprint density at radius 1 is 1.17 bits per heavy atom. The predicted octanol–water partition coefficient (Wildman–Crippen LogP) is 3.56. The third-order valence-corrected chi connectivity index (χ3v) is 5.07. The molecule has 126 valence electrons. The van der Waals surface area contributed by atoms with Gasteiger partial charge in [0.15, 0.2) is 5.11 Å². The van der Waals surface area contributed by atoms with Crippen LogP contribution in [0.2, 0.25) is 5.02 Å². The molecule has 1 aliphatic rings. The molecule has 0 aliphatic carbocycles. The highest BCUT2D eigenvalue weighted by atomic mass is 35.5. The molecule has 3 rings (SSSR count). The molecule has 0 bridgehead atoms. The van der Waals surface area contributed by atoms with Gasteiger partial charge in [-0.3, -0.25) is 9.88 Å². The molecule has 0 unspecified atom stereocenters. The average Bonchev–Trinajstić information content (AvgIpc) is 2.60. The van der Waals surface area contributed by atoms with Crippen molar-refractivity contribution in [3.63, 3.8) is 0 Å². The van der Waals surface area contributed by atoms with E-state index in [9.17, 15) is 0 Å².